The minimum Gasteiger partial charge on any atom is -0.343 e. The van der Waals surface area contributed by atoms with Gasteiger partial charge >= 0.3 is 0 Å². The topological polar surface area (TPSA) is 81.8 Å². The van der Waals surface area contributed by atoms with Gasteiger partial charge < -0.3 is 4.74 Å². The Kier molecular flexibility index (Phi) is 4.34. The summed E-state index contributed by atoms with van der Waals surface area (Å²) in [5.41, 5.74) is 2.07. The first-order chi connectivity index (χ1) is 10.4. The summed E-state index contributed by atoms with van der Waals surface area (Å²) in [6.07, 6.45) is 5.83. The number of primary sulfonamides is 1. The van der Waals surface area contributed by atoms with E-state index in [2.05, 4.69) is 0 Å². The highest BCUT2D eigenvalue weighted by molar-refractivity contribution is 7.89. The predicted octanol–water partition coefficient (Wildman–Crippen LogP) is 2.77. The van der Waals surface area contributed by atoms with E-state index in [9.17, 15) is 8.42 Å². The number of hydrogen-bond acceptors (Lipinski definition) is 4. The van der Waals surface area contributed by atoms with Crippen molar-refractivity contribution < 1.29 is 13.2 Å². The number of sulfonamides is 1. The lowest BCUT2D eigenvalue weighted by Gasteiger charge is -2.25. The molecule has 1 fully saturated rings. The quantitative estimate of drug-likeness (QED) is 0.929. The van der Waals surface area contributed by atoms with Crippen LogP contribution < -0.4 is 5.14 Å². The van der Waals surface area contributed by atoms with Crippen LogP contribution in [0.1, 0.15) is 50.7 Å². The molecule has 0 spiro atoms. The van der Waals surface area contributed by atoms with Gasteiger partial charge in [0.2, 0.25) is 10.0 Å². The Labute approximate surface area is 131 Å². The number of nitrogens with zero attached hydrogens (tertiary/aromatic N) is 1. The van der Waals surface area contributed by atoms with Gasteiger partial charge in [0, 0.05) is 0 Å². The predicted molar refractivity (Wildman–Crippen MR) is 85.1 cm³/mol. The molecule has 2 atom stereocenters. The van der Waals surface area contributed by atoms with Crippen molar-refractivity contribution in [3.63, 3.8) is 0 Å². The largest absolute Gasteiger partial charge is 0.343 e. The number of nitrogens with two attached hydrogens (primary N) is 1. The maximum absolute atomic E-state index is 11.4. The molecule has 1 aromatic carbocycles. The molecular weight excluding hydrogens is 300 g/mol. The number of ether oxygens (including phenoxy) is 1. The molecule has 22 heavy (non-hydrogen) atoms. The van der Waals surface area contributed by atoms with Crippen molar-refractivity contribution in [1.29, 1.82) is 0 Å². The lowest BCUT2D eigenvalue weighted by Crippen LogP contribution is -2.22. The minimum atomic E-state index is -3.66. The van der Waals surface area contributed by atoms with E-state index < -0.39 is 10.0 Å². The summed E-state index contributed by atoms with van der Waals surface area (Å²) in [6.45, 7) is 1.95. The summed E-state index contributed by atoms with van der Waals surface area (Å²) in [5, 5.41) is 5.14. The second kappa shape index (κ2) is 6.10. The van der Waals surface area contributed by atoms with Gasteiger partial charge in [0.15, 0.2) is 0 Å². The van der Waals surface area contributed by atoms with E-state index in [0.717, 1.165) is 11.3 Å². The molecular formula is C16H22N2O3S. The molecule has 120 valence electrons. The standard InChI is InChI=1S/C16H22N2O3S/c1-11-18-15(12-5-3-2-4-6-12)16(21-11)13-7-9-14(10-8-13)22(17,19)20/h7-12,16H,2-6H2,1H3,(H2,17,19,20). The molecule has 5 nitrogen and oxygen atoms in total. The number of benzene rings is 1. The van der Waals surface area contributed by atoms with E-state index >= 15 is 0 Å². The van der Waals surface area contributed by atoms with E-state index in [0.29, 0.717) is 5.92 Å². The fourth-order valence-electron chi connectivity index (χ4n) is 3.37. The normalized spacial score (nSPS) is 26.9. The number of aliphatic imine (C=N–C) groups is 1. The van der Waals surface area contributed by atoms with E-state index in [1.165, 1.54) is 44.2 Å². The Morgan fingerprint density at radius 1 is 1.14 bits per heavy atom. The summed E-state index contributed by atoms with van der Waals surface area (Å²) >= 11 is 0. The summed E-state index contributed by atoms with van der Waals surface area (Å²) in [7, 11) is -3.66. The van der Waals surface area contributed by atoms with Crippen LogP contribution in [0.5, 0.6) is 0 Å². The molecule has 0 radical (unpaired) electrons. The maximum Gasteiger partial charge on any atom is 0.238 e. The molecule has 2 unspecified atom stereocenters. The van der Waals surface area contributed by atoms with Gasteiger partial charge in [-0.15, -0.1) is 0 Å². The lowest BCUT2D eigenvalue weighted by molar-refractivity contribution is 0.0606. The Balaban J connectivity index is 1.85. The molecule has 1 saturated carbocycles. The molecule has 2 aliphatic rings. The molecule has 2 N–H and O–H groups in total. The molecule has 6 heteroatoms. The Morgan fingerprint density at radius 2 is 1.77 bits per heavy atom. The fraction of sp³-hybridized carbons (Fsp3) is 0.562. The average Bonchev–Trinajstić information content (AvgIpc) is 2.89. The van der Waals surface area contributed by atoms with Gasteiger partial charge in [-0.3, -0.25) is 4.99 Å². The zero-order valence-corrected chi connectivity index (χ0v) is 13.6. The highest BCUT2D eigenvalue weighted by atomic mass is 32.2. The van der Waals surface area contributed by atoms with Gasteiger partial charge in [-0.2, -0.15) is 0 Å². The molecule has 0 bridgehead atoms. The van der Waals surface area contributed by atoms with Crippen LogP contribution in [0.2, 0.25) is 0 Å². The molecule has 1 aliphatic heterocycles. The maximum atomic E-state index is 11.4. The van der Waals surface area contributed by atoms with Crippen molar-refractivity contribution in [1.82, 2.24) is 0 Å². The van der Waals surface area contributed by atoms with Gasteiger partial charge in [0.1, 0.15) is 12.3 Å². The van der Waals surface area contributed by atoms with E-state index in [-0.39, 0.29) is 17.2 Å². The summed E-state index contributed by atoms with van der Waals surface area (Å²) < 4.78 is 28.7. The van der Waals surface area contributed by atoms with Gasteiger partial charge in [0.05, 0.1) is 10.6 Å². The van der Waals surface area contributed by atoms with Crippen molar-refractivity contribution in [2.75, 3.05) is 0 Å². The zero-order chi connectivity index (χ0) is 15.7. The molecule has 1 aliphatic carbocycles. The zero-order valence-electron chi connectivity index (χ0n) is 12.7. The van der Waals surface area contributed by atoms with Gasteiger partial charge in [0.25, 0.3) is 0 Å². The van der Waals surface area contributed by atoms with Crippen molar-refractivity contribution in [2.45, 2.75) is 56.3 Å². The smallest absolute Gasteiger partial charge is 0.238 e. The SMILES string of the molecule is CC1N=C(C2CCCCC2)C(c2ccc(S(N)(=O)=O)cc2)O1. The van der Waals surface area contributed by atoms with Crippen LogP contribution in [0.3, 0.4) is 0 Å². The molecule has 3 rings (SSSR count). The van der Waals surface area contributed by atoms with Crippen LogP contribution in [0.4, 0.5) is 0 Å². The third kappa shape index (κ3) is 3.24. The fourth-order valence-corrected chi connectivity index (χ4v) is 3.89. The van der Waals surface area contributed by atoms with Crippen LogP contribution in [0.15, 0.2) is 34.2 Å². The molecule has 1 aromatic rings. The summed E-state index contributed by atoms with van der Waals surface area (Å²) in [4.78, 5) is 4.82. The second-order valence-corrected chi connectivity index (χ2v) is 7.68. The van der Waals surface area contributed by atoms with Gasteiger partial charge in [-0.25, -0.2) is 13.6 Å². The highest BCUT2D eigenvalue weighted by Gasteiger charge is 2.33. The third-order valence-corrected chi connectivity index (χ3v) is 5.40. The van der Waals surface area contributed by atoms with Crippen molar-refractivity contribution in [3.05, 3.63) is 29.8 Å². The van der Waals surface area contributed by atoms with Gasteiger partial charge in [-0.05, 0) is 43.4 Å². The van der Waals surface area contributed by atoms with Crippen molar-refractivity contribution in [2.24, 2.45) is 16.0 Å². The van der Waals surface area contributed by atoms with E-state index in [1.807, 2.05) is 6.92 Å². The van der Waals surface area contributed by atoms with Crippen LogP contribution in [0.25, 0.3) is 0 Å². The van der Waals surface area contributed by atoms with E-state index in [1.54, 1.807) is 12.1 Å². The van der Waals surface area contributed by atoms with E-state index in [4.69, 9.17) is 14.9 Å². The molecule has 0 aromatic heterocycles. The monoisotopic (exact) mass is 322 g/mol. The average molecular weight is 322 g/mol. The first-order valence-electron chi connectivity index (χ1n) is 7.81. The highest BCUT2D eigenvalue weighted by Crippen LogP contribution is 2.36. The first kappa shape index (κ1) is 15.6. The second-order valence-electron chi connectivity index (χ2n) is 6.12. The van der Waals surface area contributed by atoms with Crippen molar-refractivity contribution >= 4 is 15.7 Å². The molecule has 1 heterocycles. The van der Waals surface area contributed by atoms with Crippen LogP contribution in [-0.2, 0) is 14.8 Å². The number of rotatable bonds is 3. The molecule has 0 saturated heterocycles. The Hall–Kier alpha value is -1.24. The minimum absolute atomic E-state index is 0.124. The lowest BCUT2D eigenvalue weighted by atomic mass is 9.82. The summed E-state index contributed by atoms with van der Waals surface area (Å²) in [5.74, 6) is 0.488. The Bertz CT molecular complexity index is 661. The Morgan fingerprint density at radius 3 is 2.36 bits per heavy atom. The first-order valence-corrected chi connectivity index (χ1v) is 9.35. The summed E-state index contributed by atoms with van der Waals surface area (Å²) in [6, 6.07) is 6.63. The van der Waals surface area contributed by atoms with Crippen molar-refractivity contribution in [3.8, 4) is 0 Å². The van der Waals surface area contributed by atoms with Crippen LogP contribution in [-0.4, -0.2) is 20.4 Å². The third-order valence-electron chi connectivity index (χ3n) is 4.47. The van der Waals surface area contributed by atoms with Crippen LogP contribution in [0, 0.1) is 5.92 Å². The van der Waals surface area contributed by atoms with Gasteiger partial charge in [-0.1, -0.05) is 31.4 Å². The number of hydrogen-bond donors (Lipinski definition) is 1. The molecule has 0 amide bonds. The van der Waals surface area contributed by atoms with Crippen LogP contribution >= 0.6 is 0 Å².